The molecule has 2 N–H and O–H groups in total. The van der Waals surface area contributed by atoms with Gasteiger partial charge in [0, 0.05) is 10.0 Å². The van der Waals surface area contributed by atoms with E-state index in [1.807, 2.05) is 0 Å². The summed E-state index contributed by atoms with van der Waals surface area (Å²) in [6.45, 7) is 0. The second-order valence-corrected chi connectivity index (χ2v) is 4.74. The Morgan fingerprint density at radius 3 is 1.95 bits per heavy atom. The van der Waals surface area contributed by atoms with Crippen molar-refractivity contribution in [3.8, 4) is 5.75 Å². The Labute approximate surface area is 121 Å². The molecule has 0 bridgehead atoms. The lowest BCUT2D eigenvalue weighted by Crippen LogP contribution is -2.46. The van der Waals surface area contributed by atoms with E-state index >= 15 is 0 Å². The zero-order valence-corrected chi connectivity index (χ0v) is 11.3. The Hall–Kier alpha value is -1.10. The largest absolute Gasteiger partial charge is 0.573 e. The lowest BCUT2D eigenvalue weighted by molar-refractivity contribution is -0.292. The molecule has 0 saturated carbocycles. The van der Waals surface area contributed by atoms with Crippen LogP contribution in [0.2, 0.25) is 0 Å². The van der Waals surface area contributed by atoms with Crippen LogP contribution in [0, 0.1) is 0 Å². The van der Waals surface area contributed by atoms with Crippen LogP contribution >= 0.6 is 15.9 Å². The fourth-order valence-electron chi connectivity index (χ4n) is 1.35. The third kappa shape index (κ3) is 4.19. The molecular formula is C10H6BrF8NO. The Kier molecular flexibility index (Phi) is 4.78. The molecule has 0 aliphatic heterocycles. The molecule has 1 aromatic carbocycles. The summed E-state index contributed by atoms with van der Waals surface area (Å²) in [6.07, 6.45) is -11.3. The van der Waals surface area contributed by atoms with E-state index in [0.29, 0.717) is 12.1 Å². The summed E-state index contributed by atoms with van der Waals surface area (Å²) in [5.41, 5.74) is 3.67. The molecule has 1 aromatic rings. The SMILES string of the molecule is N[C@H](c1cc(Br)ccc1OC(F)(F)F)C(F)(F)C(F)(F)F. The van der Waals surface area contributed by atoms with Crippen molar-refractivity contribution in [3.05, 3.63) is 28.2 Å². The van der Waals surface area contributed by atoms with Crippen molar-refractivity contribution in [1.29, 1.82) is 0 Å². The molecule has 0 heterocycles. The van der Waals surface area contributed by atoms with Crippen LogP contribution < -0.4 is 10.5 Å². The van der Waals surface area contributed by atoms with E-state index < -0.39 is 35.8 Å². The van der Waals surface area contributed by atoms with Gasteiger partial charge in [-0.2, -0.15) is 22.0 Å². The van der Waals surface area contributed by atoms with Gasteiger partial charge in [0.1, 0.15) is 11.8 Å². The van der Waals surface area contributed by atoms with Gasteiger partial charge in [-0.15, -0.1) is 13.2 Å². The number of benzene rings is 1. The summed E-state index contributed by atoms with van der Waals surface area (Å²) in [6, 6.07) is -0.902. The molecular weight excluding hydrogens is 382 g/mol. The van der Waals surface area contributed by atoms with Crippen molar-refractivity contribution in [1.82, 2.24) is 0 Å². The number of hydrogen-bond acceptors (Lipinski definition) is 2. The van der Waals surface area contributed by atoms with E-state index in [-0.39, 0.29) is 4.47 Å². The number of hydrogen-bond donors (Lipinski definition) is 1. The first-order valence-electron chi connectivity index (χ1n) is 5.01. The highest BCUT2D eigenvalue weighted by atomic mass is 79.9. The van der Waals surface area contributed by atoms with Crippen molar-refractivity contribution >= 4 is 15.9 Å². The van der Waals surface area contributed by atoms with Crippen LogP contribution in [0.5, 0.6) is 5.75 Å². The normalized spacial score (nSPS) is 15.0. The Morgan fingerprint density at radius 2 is 1.52 bits per heavy atom. The predicted octanol–water partition coefficient (Wildman–Crippen LogP) is 4.55. The number of ether oxygens (including phenoxy) is 1. The highest BCUT2D eigenvalue weighted by Crippen LogP contribution is 2.46. The molecule has 0 radical (unpaired) electrons. The maximum Gasteiger partial charge on any atom is 0.573 e. The quantitative estimate of drug-likeness (QED) is 0.772. The Morgan fingerprint density at radius 1 is 1.00 bits per heavy atom. The van der Waals surface area contributed by atoms with Gasteiger partial charge in [-0.1, -0.05) is 15.9 Å². The molecule has 11 heteroatoms. The average Bonchev–Trinajstić information content (AvgIpc) is 2.27. The third-order valence-electron chi connectivity index (χ3n) is 2.30. The predicted molar refractivity (Wildman–Crippen MR) is 58.8 cm³/mol. The van der Waals surface area contributed by atoms with Gasteiger partial charge in [0.05, 0.1) is 0 Å². The van der Waals surface area contributed by atoms with Crippen molar-refractivity contribution in [2.45, 2.75) is 24.5 Å². The molecule has 0 aliphatic carbocycles. The van der Waals surface area contributed by atoms with Crippen LogP contribution in [0.3, 0.4) is 0 Å². The van der Waals surface area contributed by atoms with Gasteiger partial charge in [-0.25, -0.2) is 0 Å². The van der Waals surface area contributed by atoms with Gasteiger partial charge in [0.2, 0.25) is 0 Å². The zero-order chi connectivity index (χ0) is 16.6. The van der Waals surface area contributed by atoms with E-state index in [0.717, 1.165) is 6.07 Å². The van der Waals surface area contributed by atoms with Crippen molar-refractivity contribution in [3.63, 3.8) is 0 Å². The monoisotopic (exact) mass is 387 g/mol. The van der Waals surface area contributed by atoms with Crippen LogP contribution in [-0.2, 0) is 0 Å². The van der Waals surface area contributed by atoms with Crippen molar-refractivity contribution < 1.29 is 39.9 Å². The minimum Gasteiger partial charge on any atom is -0.405 e. The Balaban J connectivity index is 3.31. The van der Waals surface area contributed by atoms with Gasteiger partial charge < -0.3 is 10.5 Å². The maximum atomic E-state index is 13.2. The number of rotatable bonds is 3. The van der Waals surface area contributed by atoms with Crippen LogP contribution in [-0.4, -0.2) is 18.5 Å². The average molecular weight is 388 g/mol. The van der Waals surface area contributed by atoms with E-state index in [1.54, 1.807) is 0 Å². The topological polar surface area (TPSA) is 35.2 Å². The van der Waals surface area contributed by atoms with Gasteiger partial charge in [-0.3, -0.25) is 0 Å². The molecule has 21 heavy (non-hydrogen) atoms. The molecule has 2 nitrogen and oxygen atoms in total. The highest BCUT2D eigenvalue weighted by Gasteiger charge is 2.62. The molecule has 0 aromatic heterocycles. The minimum absolute atomic E-state index is 0.0413. The van der Waals surface area contributed by atoms with Crippen LogP contribution in [0.25, 0.3) is 0 Å². The fourth-order valence-corrected chi connectivity index (χ4v) is 1.73. The molecule has 0 saturated heterocycles. The lowest BCUT2D eigenvalue weighted by Gasteiger charge is -2.27. The van der Waals surface area contributed by atoms with Crippen LogP contribution in [0.1, 0.15) is 11.6 Å². The summed E-state index contributed by atoms with van der Waals surface area (Å²) in [5, 5.41) is 0. The first-order valence-corrected chi connectivity index (χ1v) is 5.80. The highest BCUT2D eigenvalue weighted by molar-refractivity contribution is 9.10. The molecule has 0 aliphatic rings. The van der Waals surface area contributed by atoms with Crippen LogP contribution in [0.15, 0.2) is 22.7 Å². The summed E-state index contributed by atoms with van der Waals surface area (Å²) >= 11 is 2.74. The van der Waals surface area contributed by atoms with Gasteiger partial charge in [0.15, 0.2) is 0 Å². The first kappa shape index (κ1) is 18.0. The van der Waals surface area contributed by atoms with E-state index in [9.17, 15) is 35.1 Å². The minimum atomic E-state index is -6.02. The Bertz CT molecular complexity index is 513. The summed E-state index contributed by atoms with van der Waals surface area (Å²) < 4.78 is 103. The molecule has 120 valence electrons. The standard InChI is InChI=1S/C10H6BrF8NO/c11-4-1-2-6(21-10(17,18)19)5(3-4)7(20)8(12,13)9(14,15)16/h1-3,7H,20H2/t7-/m1/s1. The molecule has 0 amide bonds. The van der Waals surface area contributed by atoms with E-state index in [1.165, 1.54) is 0 Å². The van der Waals surface area contributed by atoms with Crippen molar-refractivity contribution in [2.75, 3.05) is 0 Å². The molecule has 0 unspecified atom stereocenters. The number of alkyl halides is 8. The molecule has 0 fully saturated rings. The third-order valence-corrected chi connectivity index (χ3v) is 2.79. The van der Waals surface area contributed by atoms with Crippen LogP contribution in [0.4, 0.5) is 35.1 Å². The van der Waals surface area contributed by atoms with E-state index in [2.05, 4.69) is 20.7 Å². The number of halogens is 9. The number of nitrogens with two attached hydrogens (primary N) is 1. The van der Waals surface area contributed by atoms with Gasteiger partial charge >= 0.3 is 18.5 Å². The van der Waals surface area contributed by atoms with Gasteiger partial charge in [-0.05, 0) is 18.2 Å². The second kappa shape index (κ2) is 5.59. The smallest absolute Gasteiger partial charge is 0.405 e. The molecule has 1 rings (SSSR count). The summed E-state index contributed by atoms with van der Waals surface area (Å²) in [7, 11) is 0. The fraction of sp³-hybridized carbons (Fsp3) is 0.400. The summed E-state index contributed by atoms with van der Waals surface area (Å²) in [4.78, 5) is 0. The maximum absolute atomic E-state index is 13.2. The molecule has 1 atom stereocenters. The zero-order valence-electron chi connectivity index (χ0n) is 9.70. The second-order valence-electron chi connectivity index (χ2n) is 3.83. The summed E-state index contributed by atoms with van der Waals surface area (Å²) in [5.74, 6) is -6.67. The first-order chi connectivity index (χ1) is 9.25. The lowest BCUT2D eigenvalue weighted by atomic mass is 10.00. The van der Waals surface area contributed by atoms with Gasteiger partial charge in [0.25, 0.3) is 0 Å². The molecule has 0 spiro atoms. The van der Waals surface area contributed by atoms with Crippen molar-refractivity contribution in [2.24, 2.45) is 5.73 Å². The van der Waals surface area contributed by atoms with E-state index in [4.69, 9.17) is 5.73 Å².